The molecule has 0 saturated heterocycles. The number of nitrogens with one attached hydrogen (secondary N) is 1. The van der Waals surface area contributed by atoms with E-state index < -0.39 is 0 Å². The van der Waals surface area contributed by atoms with Gasteiger partial charge in [0.05, 0.1) is 11.5 Å². The minimum atomic E-state index is -0.286. The van der Waals surface area contributed by atoms with Crippen molar-refractivity contribution in [2.45, 2.75) is 19.3 Å². The Hall–Kier alpha value is -2.81. The van der Waals surface area contributed by atoms with Crippen molar-refractivity contribution >= 4 is 0 Å². The van der Waals surface area contributed by atoms with Crippen LogP contribution < -0.4 is 10.5 Å². The summed E-state index contributed by atoms with van der Waals surface area (Å²) in [5.74, 6) is 0.251. The molecule has 3 heterocycles. The van der Waals surface area contributed by atoms with Crippen molar-refractivity contribution in [1.82, 2.24) is 15.2 Å². The molecule has 1 aliphatic heterocycles. The van der Waals surface area contributed by atoms with Gasteiger partial charge in [-0.15, -0.1) is 5.10 Å². The minimum absolute atomic E-state index is 0.100. The number of nitriles is 1. The SMILES string of the molecule is CCc1[nH]nc2c1[C@H](c1cccnc1)C(C#N)=C(N)O2. The monoisotopic (exact) mass is 267 g/mol. The molecule has 0 fully saturated rings. The highest BCUT2D eigenvalue weighted by Crippen LogP contribution is 2.42. The van der Waals surface area contributed by atoms with Gasteiger partial charge < -0.3 is 10.5 Å². The maximum absolute atomic E-state index is 9.40. The zero-order valence-electron chi connectivity index (χ0n) is 10.9. The van der Waals surface area contributed by atoms with E-state index in [2.05, 4.69) is 21.3 Å². The van der Waals surface area contributed by atoms with Crippen LogP contribution in [0.1, 0.15) is 29.7 Å². The molecule has 2 aromatic heterocycles. The quantitative estimate of drug-likeness (QED) is 0.860. The van der Waals surface area contributed by atoms with Crippen LogP contribution in [0, 0.1) is 11.3 Å². The summed E-state index contributed by atoms with van der Waals surface area (Å²) in [5, 5.41) is 16.5. The lowest BCUT2D eigenvalue weighted by atomic mass is 9.84. The molecule has 3 rings (SSSR count). The van der Waals surface area contributed by atoms with Crippen molar-refractivity contribution in [3.63, 3.8) is 0 Å². The van der Waals surface area contributed by atoms with Gasteiger partial charge in [0.2, 0.25) is 11.8 Å². The van der Waals surface area contributed by atoms with E-state index in [0.29, 0.717) is 11.5 Å². The highest BCUT2D eigenvalue weighted by atomic mass is 16.5. The first-order valence-corrected chi connectivity index (χ1v) is 6.30. The Morgan fingerprint density at radius 1 is 1.55 bits per heavy atom. The average molecular weight is 267 g/mol. The molecule has 3 N–H and O–H groups in total. The minimum Gasteiger partial charge on any atom is -0.420 e. The van der Waals surface area contributed by atoms with Crippen LogP contribution in [0.2, 0.25) is 0 Å². The Morgan fingerprint density at radius 2 is 2.40 bits per heavy atom. The molecular weight excluding hydrogens is 254 g/mol. The maximum Gasteiger partial charge on any atom is 0.244 e. The number of aromatic nitrogens is 3. The number of pyridine rings is 1. The van der Waals surface area contributed by atoms with Gasteiger partial charge in [-0.3, -0.25) is 10.1 Å². The topological polar surface area (TPSA) is 101 Å². The number of rotatable bonds is 2. The van der Waals surface area contributed by atoms with Gasteiger partial charge in [-0.2, -0.15) is 5.26 Å². The molecule has 0 aromatic carbocycles. The molecule has 1 aliphatic rings. The van der Waals surface area contributed by atoms with Crippen molar-refractivity contribution in [1.29, 1.82) is 5.26 Å². The molecule has 6 nitrogen and oxygen atoms in total. The fraction of sp³-hybridized carbons (Fsp3) is 0.214. The van der Waals surface area contributed by atoms with E-state index in [9.17, 15) is 5.26 Å². The number of hydrogen-bond donors (Lipinski definition) is 2. The standard InChI is InChI=1S/C14H13N5O/c1-2-10-12-11(8-4-3-5-17-7-8)9(6-15)13(16)20-14(12)19-18-10/h3-5,7,11H,2,16H2,1H3,(H,18,19)/t11-/m1/s1. The summed E-state index contributed by atoms with van der Waals surface area (Å²) >= 11 is 0. The predicted octanol–water partition coefficient (Wildman–Crippen LogP) is 1.59. The number of aromatic amines is 1. The summed E-state index contributed by atoms with van der Waals surface area (Å²) in [6.45, 7) is 2.02. The molecule has 0 bridgehead atoms. The van der Waals surface area contributed by atoms with Crippen molar-refractivity contribution in [2.24, 2.45) is 5.73 Å². The molecule has 0 aliphatic carbocycles. The first-order chi connectivity index (χ1) is 9.76. The first-order valence-electron chi connectivity index (χ1n) is 6.30. The molecule has 0 unspecified atom stereocenters. The second-order valence-electron chi connectivity index (χ2n) is 4.49. The number of ether oxygens (including phenoxy) is 1. The van der Waals surface area contributed by atoms with E-state index in [1.165, 1.54) is 0 Å². The first kappa shape index (κ1) is 12.2. The molecule has 20 heavy (non-hydrogen) atoms. The van der Waals surface area contributed by atoms with E-state index >= 15 is 0 Å². The van der Waals surface area contributed by atoms with Crippen LogP contribution in [-0.4, -0.2) is 15.2 Å². The summed E-state index contributed by atoms with van der Waals surface area (Å²) in [6, 6.07) is 5.90. The van der Waals surface area contributed by atoms with Crippen molar-refractivity contribution in [2.75, 3.05) is 0 Å². The normalized spacial score (nSPS) is 17.3. The van der Waals surface area contributed by atoms with Gasteiger partial charge in [0.25, 0.3) is 0 Å². The van der Waals surface area contributed by atoms with Crippen molar-refractivity contribution < 1.29 is 4.74 Å². The lowest BCUT2D eigenvalue weighted by molar-refractivity contribution is 0.378. The summed E-state index contributed by atoms with van der Waals surface area (Å²) in [5.41, 5.74) is 8.94. The van der Waals surface area contributed by atoms with Crippen LogP contribution in [0.4, 0.5) is 0 Å². The van der Waals surface area contributed by atoms with Gasteiger partial charge in [-0.05, 0) is 18.1 Å². The predicted molar refractivity (Wildman–Crippen MR) is 71.5 cm³/mol. The van der Waals surface area contributed by atoms with Crippen LogP contribution in [0.3, 0.4) is 0 Å². The van der Waals surface area contributed by atoms with E-state index in [-0.39, 0.29) is 11.8 Å². The maximum atomic E-state index is 9.40. The lowest BCUT2D eigenvalue weighted by Gasteiger charge is -2.23. The molecule has 0 spiro atoms. The van der Waals surface area contributed by atoms with Crippen molar-refractivity contribution in [3.8, 4) is 11.9 Å². The summed E-state index contributed by atoms with van der Waals surface area (Å²) < 4.78 is 5.44. The number of aryl methyl sites for hydroxylation is 1. The second kappa shape index (κ2) is 4.70. The van der Waals surface area contributed by atoms with Crippen molar-refractivity contribution in [3.05, 3.63) is 52.8 Å². The third-order valence-electron chi connectivity index (χ3n) is 3.39. The third kappa shape index (κ3) is 1.72. The molecule has 100 valence electrons. The molecule has 0 radical (unpaired) electrons. The van der Waals surface area contributed by atoms with Crippen LogP contribution >= 0.6 is 0 Å². The summed E-state index contributed by atoms with van der Waals surface area (Å²) in [7, 11) is 0. The van der Waals surface area contributed by atoms with Gasteiger partial charge >= 0.3 is 0 Å². The summed E-state index contributed by atoms with van der Waals surface area (Å²) in [4.78, 5) is 4.12. The second-order valence-corrected chi connectivity index (χ2v) is 4.49. The zero-order chi connectivity index (χ0) is 14.1. The molecule has 1 atom stereocenters. The number of nitrogens with zero attached hydrogens (tertiary/aromatic N) is 3. The average Bonchev–Trinajstić information content (AvgIpc) is 2.89. The van der Waals surface area contributed by atoms with Crippen LogP contribution in [0.15, 0.2) is 36.0 Å². The Bertz CT molecular complexity index is 711. The van der Waals surface area contributed by atoms with Gasteiger partial charge in [0.1, 0.15) is 11.6 Å². The Morgan fingerprint density at radius 3 is 3.05 bits per heavy atom. The smallest absolute Gasteiger partial charge is 0.244 e. The van der Waals surface area contributed by atoms with E-state index in [4.69, 9.17) is 10.5 Å². The highest BCUT2D eigenvalue weighted by molar-refractivity contribution is 5.54. The zero-order valence-corrected chi connectivity index (χ0v) is 10.9. The number of hydrogen-bond acceptors (Lipinski definition) is 5. The fourth-order valence-corrected chi connectivity index (χ4v) is 2.46. The number of nitrogens with two attached hydrogens (primary N) is 1. The molecule has 0 amide bonds. The van der Waals surface area contributed by atoms with Gasteiger partial charge in [-0.1, -0.05) is 13.0 Å². The van der Waals surface area contributed by atoms with Gasteiger partial charge in [0.15, 0.2) is 0 Å². The van der Waals surface area contributed by atoms with Crippen LogP contribution in [0.5, 0.6) is 5.88 Å². The Kier molecular flexibility index (Phi) is 2.88. The number of allylic oxidation sites excluding steroid dienone is 1. The van der Waals surface area contributed by atoms with Gasteiger partial charge in [0, 0.05) is 18.1 Å². The Labute approximate surface area is 115 Å². The number of fused-ring (bicyclic) bond motifs is 1. The largest absolute Gasteiger partial charge is 0.420 e. The molecule has 6 heteroatoms. The molecular formula is C14H13N5O. The fourth-order valence-electron chi connectivity index (χ4n) is 2.46. The number of H-pyrrole nitrogens is 1. The van der Waals surface area contributed by atoms with Gasteiger partial charge in [-0.25, -0.2) is 0 Å². The van der Waals surface area contributed by atoms with E-state index in [1.807, 2.05) is 19.1 Å². The van der Waals surface area contributed by atoms with Crippen LogP contribution in [0.25, 0.3) is 0 Å². The highest BCUT2D eigenvalue weighted by Gasteiger charge is 2.34. The lowest BCUT2D eigenvalue weighted by Crippen LogP contribution is -2.21. The van der Waals surface area contributed by atoms with E-state index in [0.717, 1.165) is 23.2 Å². The molecule has 2 aromatic rings. The third-order valence-corrected chi connectivity index (χ3v) is 3.39. The molecule has 0 saturated carbocycles. The van der Waals surface area contributed by atoms with E-state index in [1.54, 1.807) is 12.4 Å². The Balaban J connectivity index is 2.24. The summed E-state index contributed by atoms with van der Waals surface area (Å²) in [6.07, 6.45) is 4.19. The van der Waals surface area contributed by atoms with Crippen LogP contribution in [-0.2, 0) is 6.42 Å².